The molecule has 2 aromatic heterocycles. The zero-order valence-electron chi connectivity index (χ0n) is 14.2. The largest absolute Gasteiger partial charge is 0.370 e. The number of aromatic nitrogens is 3. The van der Waals surface area contributed by atoms with E-state index in [-0.39, 0.29) is 24.3 Å². The average molecular weight is 339 g/mol. The first-order chi connectivity index (χ1) is 12.0. The zero-order valence-corrected chi connectivity index (χ0v) is 14.2. The minimum atomic E-state index is -0.354. The van der Waals surface area contributed by atoms with E-state index in [1.165, 1.54) is 0 Å². The summed E-state index contributed by atoms with van der Waals surface area (Å²) in [5, 5.41) is 0. The molecule has 1 aliphatic heterocycles. The molecular formula is C18H21N5O2. The highest BCUT2D eigenvalue weighted by molar-refractivity contribution is 5.94. The molecule has 1 atom stereocenters. The van der Waals surface area contributed by atoms with Gasteiger partial charge in [0.05, 0.1) is 11.7 Å². The Morgan fingerprint density at radius 2 is 2.04 bits per heavy atom. The van der Waals surface area contributed by atoms with Crippen LogP contribution in [0.1, 0.15) is 52.9 Å². The summed E-state index contributed by atoms with van der Waals surface area (Å²) in [5.41, 5.74) is 7.46. The maximum absolute atomic E-state index is 12.8. The van der Waals surface area contributed by atoms with Crippen molar-refractivity contribution in [2.75, 3.05) is 6.54 Å². The number of primary amides is 1. The Hall–Kier alpha value is -2.83. The molecule has 7 heteroatoms. The molecule has 3 rings (SSSR count). The quantitative estimate of drug-likeness (QED) is 0.891. The summed E-state index contributed by atoms with van der Waals surface area (Å²) in [7, 11) is 0. The van der Waals surface area contributed by atoms with Crippen molar-refractivity contribution in [1.82, 2.24) is 19.9 Å². The SMILES string of the molecule is Cc1nc(CCC(N)=O)cc(C2CCCN2C(=O)c2ccncc2)n1. The van der Waals surface area contributed by atoms with Crippen molar-refractivity contribution in [3.63, 3.8) is 0 Å². The van der Waals surface area contributed by atoms with E-state index in [4.69, 9.17) is 5.73 Å². The molecule has 0 bridgehead atoms. The van der Waals surface area contributed by atoms with Crippen molar-refractivity contribution in [2.24, 2.45) is 5.73 Å². The smallest absolute Gasteiger partial charge is 0.254 e. The van der Waals surface area contributed by atoms with E-state index in [2.05, 4.69) is 15.0 Å². The molecule has 0 aliphatic carbocycles. The van der Waals surface area contributed by atoms with Crippen LogP contribution in [-0.4, -0.2) is 38.2 Å². The van der Waals surface area contributed by atoms with Gasteiger partial charge in [-0.25, -0.2) is 9.97 Å². The van der Waals surface area contributed by atoms with E-state index in [0.717, 1.165) is 24.2 Å². The van der Waals surface area contributed by atoms with Crippen molar-refractivity contribution in [3.8, 4) is 0 Å². The lowest BCUT2D eigenvalue weighted by molar-refractivity contribution is -0.118. The minimum Gasteiger partial charge on any atom is -0.370 e. The summed E-state index contributed by atoms with van der Waals surface area (Å²) in [5.74, 6) is 0.271. The summed E-state index contributed by atoms with van der Waals surface area (Å²) < 4.78 is 0. The molecule has 2 amide bonds. The number of aryl methyl sites for hydroxylation is 2. The Kier molecular flexibility index (Phi) is 5.02. The van der Waals surface area contributed by atoms with E-state index >= 15 is 0 Å². The van der Waals surface area contributed by atoms with Gasteiger partial charge in [-0.15, -0.1) is 0 Å². The average Bonchev–Trinajstić information content (AvgIpc) is 3.09. The maximum atomic E-state index is 12.8. The highest BCUT2D eigenvalue weighted by atomic mass is 16.2. The monoisotopic (exact) mass is 339 g/mol. The van der Waals surface area contributed by atoms with Gasteiger partial charge in [0, 0.05) is 36.6 Å². The molecule has 0 spiro atoms. The molecule has 3 heterocycles. The third kappa shape index (κ3) is 3.99. The fourth-order valence-electron chi connectivity index (χ4n) is 3.18. The third-order valence-electron chi connectivity index (χ3n) is 4.32. The standard InChI is InChI=1S/C18H21N5O2/c1-12-21-14(4-5-17(19)24)11-15(22-12)16-3-2-10-23(16)18(25)13-6-8-20-9-7-13/h6-9,11,16H,2-5,10H2,1H3,(H2,19,24). The van der Waals surface area contributed by atoms with Crippen LogP contribution >= 0.6 is 0 Å². The molecule has 1 unspecified atom stereocenters. The summed E-state index contributed by atoms with van der Waals surface area (Å²) in [6.07, 6.45) is 5.77. The van der Waals surface area contributed by atoms with Gasteiger partial charge in [0.15, 0.2) is 0 Å². The van der Waals surface area contributed by atoms with Gasteiger partial charge in [-0.3, -0.25) is 14.6 Å². The Bertz CT molecular complexity index is 778. The van der Waals surface area contributed by atoms with Crippen LogP contribution in [0, 0.1) is 6.92 Å². The third-order valence-corrected chi connectivity index (χ3v) is 4.32. The number of nitrogens with two attached hydrogens (primary N) is 1. The molecule has 130 valence electrons. The second-order valence-electron chi connectivity index (χ2n) is 6.19. The number of hydrogen-bond donors (Lipinski definition) is 1. The predicted octanol–water partition coefficient (Wildman–Crippen LogP) is 1.58. The van der Waals surface area contributed by atoms with Crippen molar-refractivity contribution in [3.05, 3.63) is 53.4 Å². The molecule has 7 nitrogen and oxygen atoms in total. The molecule has 1 fully saturated rings. The summed E-state index contributed by atoms with van der Waals surface area (Å²) >= 11 is 0. The normalized spacial score (nSPS) is 16.8. The van der Waals surface area contributed by atoms with Crippen molar-refractivity contribution in [1.29, 1.82) is 0 Å². The predicted molar refractivity (Wildman–Crippen MR) is 91.5 cm³/mol. The highest BCUT2D eigenvalue weighted by Crippen LogP contribution is 2.32. The molecule has 2 N–H and O–H groups in total. The number of carbonyl (C=O) groups is 2. The number of rotatable bonds is 5. The second kappa shape index (κ2) is 7.38. The number of carbonyl (C=O) groups excluding carboxylic acids is 2. The lowest BCUT2D eigenvalue weighted by Gasteiger charge is -2.25. The summed E-state index contributed by atoms with van der Waals surface area (Å²) in [6, 6.07) is 5.26. The maximum Gasteiger partial charge on any atom is 0.254 e. The number of pyridine rings is 1. The Labute approximate surface area is 146 Å². The molecule has 2 aromatic rings. The van der Waals surface area contributed by atoms with E-state index in [1.54, 1.807) is 24.5 Å². The molecule has 1 aliphatic rings. The van der Waals surface area contributed by atoms with Crippen molar-refractivity contribution < 1.29 is 9.59 Å². The van der Waals surface area contributed by atoms with E-state index < -0.39 is 0 Å². The fourth-order valence-corrected chi connectivity index (χ4v) is 3.18. The van der Waals surface area contributed by atoms with Crippen LogP contribution in [0.2, 0.25) is 0 Å². The summed E-state index contributed by atoms with van der Waals surface area (Å²) in [4.78, 5) is 38.6. The number of amides is 2. The van der Waals surface area contributed by atoms with Gasteiger partial charge in [-0.05, 0) is 44.4 Å². The van der Waals surface area contributed by atoms with Gasteiger partial charge in [-0.2, -0.15) is 0 Å². The lowest BCUT2D eigenvalue weighted by Crippen LogP contribution is -2.31. The van der Waals surface area contributed by atoms with Gasteiger partial charge < -0.3 is 10.6 Å². The molecule has 0 radical (unpaired) electrons. The topological polar surface area (TPSA) is 102 Å². The molecular weight excluding hydrogens is 318 g/mol. The van der Waals surface area contributed by atoms with Crippen LogP contribution < -0.4 is 5.73 Å². The lowest BCUT2D eigenvalue weighted by atomic mass is 10.1. The van der Waals surface area contributed by atoms with Crippen LogP contribution in [0.4, 0.5) is 0 Å². The first-order valence-electron chi connectivity index (χ1n) is 8.38. The van der Waals surface area contributed by atoms with Gasteiger partial charge in [-0.1, -0.05) is 0 Å². The van der Waals surface area contributed by atoms with Gasteiger partial charge in [0.25, 0.3) is 5.91 Å². The van der Waals surface area contributed by atoms with Crippen molar-refractivity contribution in [2.45, 2.75) is 38.6 Å². The Balaban J connectivity index is 1.84. The Morgan fingerprint density at radius 1 is 1.28 bits per heavy atom. The van der Waals surface area contributed by atoms with E-state index in [0.29, 0.717) is 24.4 Å². The first-order valence-corrected chi connectivity index (χ1v) is 8.38. The number of nitrogens with zero attached hydrogens (tertiary/aromatic N) is 4. The van der Waals surface area contributed by atoms with Gasteiger partial charge in [0.2, 0.25) is 5.91 Å². The fraction of sp³-hybridized carbons (Fsp3) is 0.389. The number of hydrogen-bond acceptors (Lipinski definition) is 5. The second-order valence-corrected chi connectivity index (χ2v) is 6.19. The molecule has 1 saturated heterocycles. The number of likely N-dealkylation sites (tertiary alicyclic amines) is 1. The zero-order chi connectivity index (χ0) is 17.8. The van der Waals surface area contributed by atoms with Gasteiger partial charge >= 0.3 is 0 Å². The van der Waals surface area contributed by atoms with Gasteiger partial charge in [0.1, 0.15) is 5.82 Å². The van der Waals surface area contributed by atoms with Crippen LogP contribution in [0.15, 0.2) is 30.6 Å². The highest BCUT2D eigenvalue weighted by Gasteiger charge is 2.32. The van der Waals surface area contributed by atoms with Crippen LogP contribution in [-0.2, 0) is 11.2 Å². The van der Waals surface area contributed by atoms with Crippen LogP contribution in [0.5, 0.6) is 0 Å². The van der Waals surface area contributed by atoms with Crippen LogP contribution in [0.25, 0.3) is 0 Å². The first kappa shape index (κ1) is 17.0. The van der Waals surface area contributed by atoms with Crippen molar-refractivity contribution >= 4 is 11.8 Å². The minimum absolute atomic E-state index is 0.0140. The molecule has 25 heavy (non-hydrogen) atoms. The molecule has 0 saturated carbocycles. The Morgan fingerprint density at radius 3 is 2.76 bits per heavy atom. The van der Waals surface area contributed by atoms with E-state index in [9.17, 15) is 9.59 Å². The van der Waals surface area contributed by atoms with Crippen LogP contribution in [0.3, 0.4) is 0 Å². The summed E-state index contributed by atoms with van der Waals surface area (Å²) in [6.45, 7) is 2.52. The van der Waals surface area contributed by atoms with E-state index in [1.807, 2.05) is 17.9 Å². The molecule has 0 aromatic carbocycles.